The number of fused-ring (bicyclic) bond motifs is 2. The standard InChI is InChI=1S/C19H19Cl2NO/c1-10(2)23-12-6-7-15-13(8-12)19(4,5)17-16(22-15)9-14(20)11(3)18(17)21/h6-10H,3H2,1-2,4-5H3. The maximum atomic E-state index is 6.55. The molecule has 0 unspecified atom stereocenters. The van der Waals surface area contributed by atoms with Crippen LogP contribution in [0.3, 0.4) is 0 Å². The third-order valence-corrected chi connectivity index (χ3v) is 4.93. The predicted octanol–water partition coefficient (Wildman–Crippen LogP) is 4.78. The lowest BCUT2D eigenvalue weighted by molar-refractivity contribution is 0.242. The van der Waals surface area contributed by atoms with Crippen molar-refractivity contribution in [3.05, 3.63) is 56.0 Å². The van der Waals surface area contributed by atoms with Gasteiger partial charge in [-0.05, 0) is 43.7 Å². The summed E-state index contributed by atoms with van der Waals surface area (Å²) in [5.74, 6) is 0.838. The van der Waals surface area contributed by atoms with E-state index in [0.29, 0.717) is 15.3 Å². The van der Waals surface area contributed by atoms with E-state index in [4.69, 9.17) is 32.9 Å². The van der Waals surface area contributed by atoms with E-state index in [9.17, 15) is 0 Å². The van der Waals surface area contributed by atoms with Crippen LogP contribution in [0.15, 0.2) is 29.3 Å². The second-order valence-corrected chi connectivity index (χ2v) is 7.41. The summed E-state index contributed by atoms with van der Waals surface area (Å²) in [6.07, 6.45) is 0.123. The summed E-state index contributed by atoms with van der Waals surface area (Å²) >= 11 is 12.8. The van der Waals surface area contributed by atoms with E-state index in [1.165, 1.54) is 0 Å². The van der Waals surface area contributed by atoms with E-state index < -0.39 is 0 Å². The van der Waals surface area contributed by atoms with Crippen molar-refractivity contribution in [3.63, 3.8) is 0 Å². The molecule has 2 nitrogen and oxygen atoms in total. The smallest absolute Gasteiger partial charge is 0.120 e. The van der Waals surface area contributed by atoms with Gasteiger partial charge in [0.2, 0.25) is 0 Å². The molecule has 1 aliphatic heterocycles. The van der Waals surface area contributed by atoms with Crippen LogP contribution in [0.5, 0.6) is 5.75 Å². The van der Waals surface area contributed by atoms with Gasteiger partial charge in [0.05, 0.1) is 27.2 Å². The van der Waals surface area contributed by atoms with Gasteiger partial charge in [0.1, 0.15) is 5.75 Å². The molecule has 0 amide bonds. The molecular weight excluding hydrogens is 329 g/mol. The SMILES string of the molecule is C=c1c(Cl)cc2c(c1Cl)C(C)(C)c1cc(OC(C)C)ccc1N=2. The molecule has 0 spiro atoms. The fourth-order valence-corrected chi connectivity index (χ4v) is 3.73. The first-order valence-electron chi connectivity index (χ1n) is 7.59. The first-order valence-corrected chi connectivity index (χ1v) is 8.34. The minimum Gasteiger partial charge on any atom is -0.491 e. The molecule has 0 saturated heterocycles. The number of rotatable bonds is 2. The summed E-state index contributed by atoms with van der Waals surface area (Å²) in [5, 5.41) is 2.58. The Balaban J connectivity index is 2.30. The Labute approximate surface area is 146 Å². The van der Waals surface area contributed by atoms with E-state index in [0.717, 1.165) is 27.9 Å². The Morgan fingerprint density at radius 2 is 1.87 bits per heavy atom. The molecule has 120 valence electrons. The van der Waals surface area contributed by atoms with Gasteiger partial charge in [0.15, 0.2) is 0 Å². The minimum atomic E-state index is -0.309. The second kappa shape index (κ2) is 5.54. The van der Waals surface area contributed by atoms with E-state index in [1.807, 2.05) is 32.0 Å². The molecule has 2 aromatic carbocycles. The highest BCUT2D eigenvalue weighted by Crippen LogP contribution is 2.42. The highest BCUT2D eigenvalue weighted by molar-refractivity contribution is 6.35. The van der Waals surface area contributed by atoms with Crippen molar-refractivity contribution in [1.82, 2.24) is 0 Å². The Bertz CT molecular complexity index is 901. The molecule has 23 heavy (non-hydrogen) atoms. The molecule has 0 bridgehead atoms. The summed E-state index contributed by atoms with van der Waals surface area (Å²) < 4.78 is 5.83. The van der Waals surface area contributed by atoms with Crippen molar-refractivity contribution in [2.75, 3.05) is 0 Å². The van der Waals surface area contributed by atoms with Crippen LogP contribution in [-0.4, -0.2) is 6.10 Å². The number of hydrogen-bond donors (Lipinski definition) is 0. The zero-order chi connectivity index (χ0) is 16.9. The summed E-state index contributed by atoms with van der Waals surface area (Å²) in [6, 6.07) is 7.82. The number of halogens is 2. The van der Waals surface area contributed by atoms with Crippen LogP contribution in [0.4, 0.5) is 5.69 Å². The molecule has 0 radical (unpaired) electrons. The first-order chi connectivity index (χ1) is 10.7. The minimum absolute atomic E-state index is 0.123. The highest BCUT2D eigenvalue weighted by atomic mass is 35.5. The van der Waals surface area contributed by atoms with Gasteiger partial charge in [0, 0.05) is 16.2 Å². The monoisotopic (exact) mass is 347 g/mol. The van der Waals surface area contributed by atoms with Crippen molar-refractivity contribution in [1.29, 1.82) is 0 Å². The fourth-order valence-electron chi connectivity index (χ4n) is 3.05. The van der Waals surface area contributed by atoms with Crippen LogP contribution in [-0.2, 0) is 5.41 Å². The average Bonchev–Trinajstić information content (AvgIpc) is 2.44. The maximum Gasteiger partial charge on any atom is 0.120 e. The van der Waals surface area contributed by atoms with Crippen LogP contribution in [0.25, 0.3) is 6.58 Å². The molecule has 0 saturated carbocycles. The molecule has 0 fully saturated rings. The lowest BCUT2D eigenvalue weighted by Crippen LogP contribution is -2.33. The van der Waals surface area contributed by atoms with E-state index in [2.05, 4.69) is 26.5 Å². The van der Waals surface area contributed by atoms with Crippen molar-refractivity contribution >= 4 is 35.5 Å². The quantitative estimate of drug-likeness (QED) is 0.765. The highest BCUT2D eigenvalue weighted by Gasteiger charge is 2.33. The van der Waals surface area contributed by atoms with Crippen LogP contribution < -0.4 is 15.3 Å². The third kappa shape index (κ3) is 2.64. The molecule has 0 aliphatic carbocycles. The molecule has 1 heterocycles. The van der Waals surface area contributed by atoms with Crippen molar-refractivity contribution in [2.45, 2.75) is 39.2 Å². The van der Waals surface area contributed by atoms with Gasteiger partial charge in [-0.3, -0.25) is 0 Å². The molecule has 0 atom stereocenters. The zero-order valence-corrected chi connectivity index (χ0v) is 15.2. The van der Waals surface area contributed by atoms with Crippen LogP contribution in [0.2, 0.25) is 10.0 Å². The zero-order valence-electron chi connectivity index (χ0n) is 13.7. The normalized spacial score (nSPS) is 14.9. The van der Waals surface area contributed by atoms with Gasteiger partial charge in [-0.25, -0.2) is 4.99 Å². The lowest BCUT2D eigenvalue weighted by atomic mass is 9.75. The Hall–Kier alpha value is -1.51. The molecule has 1 aliphatic rings. The predicted molar refractivity (Wildman–Crippen MR) is 96.8 cm³/mol. The number of ether oxygens (including phenoxy) is 1. The fraction of sp³-hybridized carbons (Fsp3) is 0.316. The largest absolute Gasteiger partial charge is 0.491 e. The molecule has 4 heteroatoms. The Morgan fingerprint density at radius 3 is 2.52 bits per heavy atom. The molecule has 0 N–H and O–H groups in total. The molecule has 2 aromatic rings. The molecule has 3 rings (SSSR count). The molecule has 0 aromatic heterocycles. The lowest BCUT2D eigenvalue weighted by Gasteiger charge is -2.32. The van der Waals surface area contributed by atoms with Crippen molar-refractivity contribution in [2.24, 2.45) is 4.99 Å². The van der Waals surface area contributed by atoms with Crippen LogP contribution >= 0.6 is 23.2 Å². The van der Waals surface area contributed by atoms with Gasteiger partial charge in [-0.15, -0.1) is 0 Å². The second-order valence-electron chi connectivity index (χ2n) is 6.63. The van der Waals surface area contributed by atoms with Gasteiger partial charge in [0.25, 0.3) is 0 Å². The number of benzene rings is 2. The van der Waals surface area contributed by atoms with E-state index >= 15 is 0 Å². The van der Waals surface area contributed by atoms with E-state index in [-0.39, 0.29) is 11.5 Å². The van der Waals surface area contributed by atoms with Crippen LogP contribution in [0, 0.1) is 0 Å². The van der Waals surface area contributed by atoms with Crippen molar-refractivity contribution in [3.8, 4) is 5.75 Å². The maximum absolute atomic E-state index is 6.55. The average molecular weight is 348 g/mol. The van der Waals surface area contributed by atoms with E-state index in [1.54, 1.807) is 0 Å². The Morgan fingerprint density at radius 1 is 1.17 bits per heavy atom. The van der Waals surface area contributed by atoms with Gasteiger partial charge >= 0.3 is 0 Å². The summed E-state index contributed by atoms with van der Waals surface area (Å²) in [6.45, 7) is 12.3. The summed E-state index contributed by atoms with van der Waals surface area (Å²) in [5.41, 5.74) is 2.66. The van der Waals surface area contributed by atoms with Crippen molar-refractivity contribution < 1.29 is 4.74 Å². The Kier molecular flexibility index (Phi) is 3.94. The summed E-state index contributed by atoms with van der Waals surface area (Å²) in [4.78, 5) is 4.74. The first kappa shape index (κ1) is 16.4. The number of nitrogens with zero attached hydrogens (tertiary/aromatic N) is 1. The number of hydrogen-bond acceptors (Lipinski definition) is 2. The van der Waals surface area contributed by atoms with Gasteiger partial charge < -0.3 is 4.74 Å². The molecular formula is C19H19Cl2NO. The topological polar surface area (TPSA) is 21.6 Å². The van der Waals surface area contributed by atoms with Crippen LogP contribution in [0.1, 0.15) is 38.8 Å². The van der Waals surface area contributed by atoms with Gasteiger partial charge in [-0.2, -0.15) is 0 Å². The van der Waals surface area contributed by atoms with Gasteiger partial charge in [-0.1, -0.05) is 43.6 Å². The third-order valence-electron chi connectivity index (χ3n) is 4.17. The summed E-state index contributed by atoms with van der Waals surface area (Å²) in [7, 11) is 0.